The Balaban J connectivity index is 1.62. The third kappa shape index (κ3) is 3.41. The molecule has 6 heteroatoms. The van der Waals surface area contributed by atoms with Crippen molar-refractivity contribution < 1.29 is 14.0 Å². The fourth-order valence-corrected chi connectivity index (χ4v) is 2.77. The van der Waals surface area contributed by atoms with Gasteiger partial charge in [0, 0.05) is 30.6 Å². The van der Waals surface area contributed by atoms with Crippen LogP contribution in [0.3, 0.4) is 0 Å². The first kappa shape index (κ1) is 15.3. The number of nitrogens with zero attached hydrogens (tertiary/aromatic N) is 2. The summed E-state index contributed by atoms with van der Waals surface area (Å²) in [6.45, 7) is 3.38. The first-order valence-corrected chi connectivity index (χ1v) is 7.75. The van der Waals surface area contributed by atoms with Gasteiger partial charge in [0.15, 0.2) is 12.2 Å². The van der Waals surface area contributed by atoms with Crippen molar-refractivity contribution in [1.29, 1.82) is 0 Å². The van der Waals surface area contributed by atoms with Crippen molar-refractivity contribution in [3.8, 4) is 11.3 Å². The molecule has 0 bridgehead atoms. The van der Waals surface area contributed by atoms with Gasteiger partial charge in [0.2, 0.25) is 5.91 Å². The lowest BCUT2D eigenvalue weighted by atomic mass is 10.1. The van der Waals surface area contributed by atoms with Crippen LogP contribution in [0, 0.1) is 0 Å². The summed E-state index contributed by atoms with van der Waals surface area (Å²) in [5.74, 6) is 0.608. The van der Waals surface area contributed by atoms with Gasteiger partial charge in [0.25, 0.3) is 5.91 Å². The summed E-state index contributed by atoms with van der Waals surface area (Å²) in [5, 5.41) is 2.93. The number of benzene rings is 1. The standard InChI is InChI=1S/C17H19N3O3/c1-2-7-20-10-14(8-16(20)21)19-17(22)13-5-3-12(4-6-13)15-9-18-11-23-15/h3-6,9,11,14H,2,7-8,10H2,1H3,(H,19,22)/t14-/m0/s1. The second-order valence-corrected chi connectivity index (χ2v) is 5.66. The van der Waals surface area contributed by atoms with Gasteiger partial charge in [-0.2, -0.15) is 0 Å². The number of oxazole rings is 1. The van der Waals surface area contributed by atoms with Gasteiger partial charge in [-0.25, -0.2) is 4.98 Å². The number of aromatic nitrogens is 1. The van der Waals surface area contributed by atoms with Crippen molar-refractivity contribution in [3.63, 3.8) is 0 Å². The lowest BCUT2D eigenvalue weighted by Crippen LogP contribution is -2.37. The zero-order valence-electron chi connectivity index (χ0n) is 13.0. The second-order valence-electron chi connectivity index (χ2n) is 5.66. The van der Waals surface area contributed by atoms with Crippen molar-refractivity contribution >= 4 is 11.8 Å². The van der Waals surface area contributed by atoms with Crippen LogP contribution >= 0.6 is 0 Å². The highest BCUT2D eigenvalue weighted by Crippen LogP contribution is 2.19. The Morgan fingerprint density at radius 1 is 1.39 bits per heavy atom. The minimum atomic E-state index is -0.162. The molecule has 0 spiro atoms. The maximum absolute atomic E-state index is 12.3. The van der Waals surface area contributed by atoms with Crippen LogP contribution in [0.2, 0.25) is 0 Å². The Bertz CT molecular complexity index is 680. The summed E-state index contributed by atoms with van der Waals surface area (Å²) >= 11 is 0. The fourth-order valence-electron chi connectivity index (χ4n) is 2.77. The topological polar surface area (TPSA) is 75.4 Å². The molecule has 2 aromatic rings. The number of nitrogens with one attached hydrogen (secondary N) is 1. The van der Waals surface area contributed by atoms with E-state index in [1.165, 1.54) is 6.39 Å². The Morgan fingerprint density at radius 3 is 2.83 bits per heavy atom. The highest BCUT2D eigenvalue weighted by Gasteiger charge is 2.29. The van der Waals surface area contributed by atoms with Crippen LogP contribution in [0.1, 0.15) is 30.1 Å². The molecule has 0 radical (unpaired) electrons. The van der Waals surface area contributed by atoms with Crippen molar-refractivity contribution in [2.24, 2.45) is 0 Å². The molecule has 2 heterocycles. The molecular weight excluding hydrogens is 294 g/mol. The van der Waals surface area contributed by atoms with Gasteiger partial charge >= 0.3 is 0 Å². The van der Waals surface area contributed by atoms with Gasteiger partial charge in [-0.05, 0) is 18.6 Å². The van der Waals surface area contributed by atoms with Gasteiger partial charge in [-0.1, -0.05) is 19.1 Å². The van der Waals surface area contributed by atoms with E-state index in [1.807, 2.05) is 19.1 Å². The number of carbonyl (C=O) groups excluding carboxylic acids is 2. The third-order valence-electron chi connectivity index (χ3n) is 3.91. The molecule has 3 rings (SSSR count). The van der Waals surface area contributed by atoms with Crippen molar-refractivity contribution in [1.82, 2.24) is 15.2 Å². The molecule has 0 unspecified atom stereocenters. The average Bonchev–Trinajstić information content (AvgIpc) is 3.19. The van der Waals surface area contributed by atoms with E-state index in [9.17, 15) is 9.59 Å². The largest absolute Gasteiger partial charge is 0.444 e. The van der Waals surface area contributed by atoms with Crippen molar-refractivity contribution in [2.45, 2.75) is 25.8 Å². The van der Waals surface area contributed by atoms with Crippen LogP contribution in [0.25, 0.3) is 11.3 Å². The van der Waals surface area contributed by atoms with E-state index in [1.54, 1.807) is 23.2 Å². The Morgan fingerprint density at radius 2 is 2.17 bits per heavy atom. The van der Waals surface area contributed by atoms with E-state index in [-0.39, 0.29) is 17.9 Å². The molecule has 23 heavy (non-hydrogen) atoms. The molecule has 0 aliphatic carbocycles. The molecule has 1 aromatic carbocycles. The molecule has 1 aliphatic rings. The number of hydrogen-bond donors (Lipinski definition) is 1. The minimum Gasteiger partial charge on any atom is -0.444 e. The van der Waals surface area contributed by atoms with E-state index in [0.717, 1.165) is 18.5 Å². The molecule has 1 atom stereocenters. The van der Waals surface area contributed by atoms with E-state index >= 15 is 0 Å². The van der Waals surface area contributed by atoms with Gasteiger partial charge in [-0.3, -0.25) is 9.59 Å². The minimum absolute atomic E-state index is 0.109. The predicted octanol–water partition coefficient (Wildman–Crippen LogP) is 2.08. The van der Waals surface area contributed by atoms with Gasteiger partial charge < -0.3 is 14.6 Å². The molecule has 1 aliphatic heterocycles. The first-order chi connectivity index (χ1) is 11.2. The number of carbonyl (C=O) groups is 2. The molecular formula is C17H19N3O3. The molecule has 1 N–H and O–H groups in total. The summed E-state index contributed by atoms with van der Waals surface area (Å²) in [5.41, 5.74) is 1.43. The van der Waals surface area contributed by atoms with Gasteiger partial charge in [-0.15, -0.1) is 0 Å². The normalized spacial score (nSPS) is 17.5. The van der Waals surface area contributed by atoms with Gasteiger partial charge in [0.1, 0.15) is 0 Å². The smallest absolute Gasteiger partial charge is 0.251 e. The maximum atomic E-state index is 12.3. The Kier molecular flexibility index (Phi) is 4.41. The van der Waals surface area contributed by atoms with Crippen LogP contribution in [-0.2, 0) is 4.79 Å². The average molecular weight is 313 g/mol. The fraction of sp³-hybridized carbons (Fsp3) is 0.353. The molecule has 1 saturated heterocycles. The zero-order chi connectivity index (χ0) is 16.2. The van der Waals surface area contributed by atoms with Crippen LogP contribution in [-0.4, -0.2) is 40.8 Å². The Labute approximate surface area is 134 Å². The quantitative estimate of drug-likeness (QED) is 0.917. The number of amides is 2. The summed E-state index contributed by atoms with van der Waals surface area (Å²) in [6.07, 6.45) is 4.30. The summed E-state index contributed by atoms with van der Waals surface area (Å²) in [6, 6.07) is 7.01. The predicted molar refractivity (Wildman–Crippen MR) is 84.7 cm³/mol. The summed E-state index contributed by atoms with van der Waals surface area (Å²) < 4.78 is 5.22. The van der Waals surface area contributed by atoms with E-state index in [0.29, 0.717) is 24.3 Å². The van der Waals surface area contributed by atoms with Gasteiger partial charge in [0.05, 0.1) is 12.2 Å². The monoisotopic (exact) mass is 313 g/mol. The van der Waals surface area contributed by atoms with E-state index < -0.39 is 0 Å². The summed E-state index contributed by atoms with van der Waals surface area (Å²) in [4.78, 5) is 29.8. The molecule has 0 saturated carbocycles. The lowest BCUT2D eigenvalue weighted by Gasteiger charge is -2.16. The number of hydrogen-bond acceptors (Lipinski definition) is 4. The van der Waals surface area contributed by atoms with Crippen molar-refractivity contribution in [2.75, 3.05) is 13.1 Å². The Hall–Kier alpha value is -2.63. The summed E-state index contributed by atoms with van der Waals surface area (Å²) in [7, 11) is 0. The van der Waals surface area contributed by atoms with Crippen LogP contribution in [0.15, 0.2) is 41.3 Å². The molecule has 120 valence electrons. The number of likely N-dealkylation sites (tertiary alicyclic amines) is 1. The molecule has 2 amide bonds. The lowest BCUT2D eigenvalue weighted by molar-refractivity contribution is -0.127. The van der Waals surface area contributed by atoms with Crippen molar-refractivity contribution in [3.05, 3.63) is 42.4 Å². The highest BCUT2D eigenvalue weighted by atomic mass is 16.3. The first-order valence-electron chi connectivity index (χ1n) is 7.75. The highest BCUT2D eigenvalue weighted by molar-refractivity contribution is 5.95. The zero-order valence-corrected chi connectivity index (χ0v) is 13.0. The van der Waals surface area contributed by atoms with E-state index in [4.69, 9.17) is 4.42 Å². The SMILES string of the molecule is CCCN1C[C@@H](NC(=O)c2ccc(-c3cnco3)cc2)CC1=O. The number of rotatable bonds is 5. The molecule has 1 aromatic heterocycles. The van der Waals surface area contributed by atoms with Crippen LogP contribution < -0.4 is 5.32 Å². The molecule has 1 fully saturated rings. The third-order valence-corrected chi connectivity index (χ3v) is 3.91. The molecule has 6 nitrogen and oxygen atoms in total. The van der Waals surface area contributed by atoms with E-state index in [2.05, 4.69) is 10.3 Å². The maximum Gasteiger partial charge on any atom is 0.251 e. The van der Waals surface area contributed by atoms with Crippen LogP contribution in [0.5, 0.6) is 0 Å². The second kappa shape index (κ2) is 6.64. The van der Waals surface area contributed by atoms with Crippen LogP contribution in [0.4, 0.5) is 0 Å².